The Labute approximate surface area is 91.0 Å². The van der Waals surface area contributed by atoms with Crippen molar-refractivity contribution in [3.05, 3.63) is 0 Å². The van der Waals surface area contributed by atoms with Crippen LogP contribution in [-0.2, 0) is 4.74 Å². The molecule has 0 radical (unpaired) electrons. The molecule has 2 saturated heterocycles. The molecular weight excluding hydrogens is 192 g/mol. The van der Waals surface area contributed by atoms with E-state index in [1.807, 2.05) is 4.90 Å². The Bertz CT molecular complexity index is 221. The fourth-order valence-corrected chi connectivity index (χ4v) is 2.27. The monoisotopic (exact) mass is 212 g/mol. The molecule has 86 valence electrons. The maximum absolute atomic E-state index is 11.8. The summed E-state index contributed by atoms with van der Waals surface area (Å²) in [4.78, 5) is 13.7. The van der Waals surface area contributed by atoms with Crippen molar-refractivity contribution in [2.75, 3.05) is 26.3 Å². The van der Waals surface area contributed by atoms with E-state index in [-0.39, 0.29) is 12.1 Å². The number of urea groups is 1. The molecule has 4 heteroatoms. The van der Waals surface area contributed by atoms with E-state index in [1.54, 1.807) is 0 Å². The molecule has 2 rings (SSSR count). The molecular formula is C11H20N2O2. The number of hydrogen-bond donors (Lipinski definition) is 1. The lowest BCUT2D eigenvalue weighted by Gasteiger charge is -2.23. The number of hydrogen-bond acceptors (Lipinski definition) is 2. The number of likely N-dealkylation sites (tertiary alicyclic amines) is 1. The van der Waals surface area contributed by atoms with Gasteiger partial charge in [-0.1, -0.05) is 0 Å². The molecule has 2 amide bonds. The summed E-state index contributed by atoms with van der Waals surface area (Å²) < 4.78 is 5.32. The molecule has 2 aliphatic rings. The van der Waals surface area contributed by atoms with Gasteiger partial charge in [-0.25, -0.2) is 4.79 Å². The number of ether oxygens (including phenoxy) is 1. The van der Waals surface area contributed by atoms with Crippen molar-refractivity contribution >= 4 is 6.03 Å². The smallest absolute Gasteiger partial charge is 0.317 e. The minimum absolute atomic E-state index is 0.104. The van der Waals surface area contributed by atoms with Gasteiger partial charge in [-0.2, -0.15) is 0 Å². The molecule has 1 N–H and O–H groups in total. The molecule has 0 saturated carbocycles. The van der Waals surface area contributed by atoms with E-state index in [0.29, 0.717) is 5.92 Å². The number of carbonyl (C=O) groups excluding carboxylic acids is 1. The summed E-state index contributed by atoms with van der Waals surface area (Å²) in [7, 11) is 0. The topological polar surface area (TPSA) is 41.6 Å². The normalized spacial score (nSPS) is 28.1. The van der Waals surface area contributed by atoms with Crippen LogP contribution >= 0.6 is 0 Å². The molecule has 0 aromatic carbocycles. The molecule has 2 atom stereocenters. The Balaban J connectivity index is 1.77. The van der Waals surface area contributed by atoms with E-state index in [1.165, 1.54) is 0 Å². The summed E-state index contributed by atoms with van der Waals surface area (Å²) >= 11 is 0. The molecule has 0 spiro atoms. The maximum atomic E-state index is 11.8. The second kappa shape index (κ2) is 4.84. The van der Waals surface area contributed by atoms with Crippen LogP contribution < -0.4 is 5.32 Å². The van der Waals surface area contributed by atoms with Gasteiger partial charge in [0.2, 0.25) is 0 Å². The van der Waals surface area contributed by atoms with Crippen LogP contribution in [0.4, 0.5) is 4.79 Å². The Morgan fingerprint density at radius 3 is 2.80 bits per heavy atom. The van der Waals surface area contributed by atoms with Gasteiger partial charge in [0.25, 0.3) is 0 Å². The summed E-state index contributed by atoms with van der Waals surface area (Å²) in [5.41, 5.74) is 0. The van der Waals surface area contributed by atoms with E-state index in [9.17, 15) is 4.79 Å². The van der Waals surface area contributed by atoms with E-state index < -0.39 is 0 Å². The maximum Gasteiger partial charge on any atom is 0.317 e. The fourth-order valence-electron chi connectivity index (χ4n) is 2.27. The van der Waals surface area contributed by atoms with Gasteiger partial charge in [0.1, 0.15) is 0 Å². The lowest BCUT2D eigenvalue weighted by molar-refractivity contribution is 0.173. The summed E-state index contributed by atoms with van der Waals surface area (Å²) in [5.74, 6) is 0.497. The van der Waals surface area contributed by atoms with Crippen LogP contribution in [0.25, 0.3) is 0 Å². The number of nitrogens with zero attached hydrogens (tertiary/aromatic N) is 1. The lowest BCUT2D eigenvalue weighted by atomic mass is 10.0. The highest BCUT2D eigenvalue weighted by Gasteiger charge is 2.26. The van der Waals surface area contributed by atoms with Gasteiger partial charge in [-0.05, 0) is 26.2 Å². The molecule has 4 nitrogen and oxygen atoms in total. The van der Waals surface area contributed by atoms with E-state index in [0.717, 1.165) is 45.6 Å². The van der Waals surface area contributed by atoms with Crippen molar-refractivity contribution in [1.29, 1.82) is 0 Å². The first-order chi connectivity index (χ1) is 7.27. The molecule has 0 aromatic rings. The Kier molecular flexibility index (Phi) is 3.46. The van der Waals surface area contributed by atoms with Crippen LogP contribution in [0.15, 0.2) is 0 Å². The van der Waals surface area contributed by atoms with Crippen molar-refractivity contribution in [1.82, 2.24) is 10.2 Å². The summed E-state index contributed by atoms with van der Waals surface area (Å²) in [6.07, 6.45) is 3.37. The zero-order chi connectivity index (χ0) is 10.7. The predicted molar refractivity (Wildman–Crippen MR) is 57.7 cm³/mol. The zero-order valence-electron chi connectivity index (χ0n) is 9.37. The SMILES string of the molecule is CC(NC(=O)N1CCCC1)C1CCOC1. The third kappa shape index (κ3) is 2.62. The minimum atomic E-state index is 0.104. The first-order valence-corrected chi connectivity index (χ1v) is 5.90. The van der Waals surface area contributed by atoms with Gasteiger partial charge < -0.3 is 15.0 Å². The van der Waals surface area contributed by atoms with Crippen LogP contribution in [0.3, 0.4) is 0 Å². The second-order valence-electron chi connectivity index (χ2n) is 4.56. The van der Waals surface area contributed by atoms with Gasteiger partial charge in [0, 0.05) is 31.7 Å². The van der Waals surface area contributed by atoms with Crippen molar-refractivity contribution < 1.29 is 9.53 Å². The van der Waals surface area contributed by atoms with Gasteiger partial charge in [-0.15, -0.1) is 0 Å². The van der Waals surface area contributed by atoms with E-state index in [2.05, 4.69) is 12.2 Å². The highest BCUT2D eigenvalue weighted by Crippen LogP contribution is 2.17. The quantitative estimate of drug-likeness (QED) is 0.747. The summed E-state index contributed by atoms with van der Waals surface area (Å²) in [5, 5.41) is 3.07. The Morgan fingerprint density at radius 2 is 2.20 bits per heavy atom. The molecule has 0 bridgehead atoms. The van der Waals surface area contributed by atoms with E-state index >= 15 is 0 Å². The summed E-state index contributed by atoms with van der Waals surface area (Å²) in [6, 6.07) is 0.340. The molecule has 2 unspecified atom stereocenters. The van der Waals surface area contributed by atoms with Gasteiger partial charge >= 0.3 is 6.03 Å². The molecule has 2 aliphatic heterocycles. The molecule has 2 fully saturated rings. The number of carbonyl (C=O) groups is 1. The average Bonchev–Trinajstić information content (AvgIpc) is 2.91. The fraction of sp³-hybridized carbons (Fsp3) is 0.909. The largest absolute Gasteiger partial charge is 0.381 e. The van der Waals surface area contributed by atoms with Crippen LogP contribution in [-0.4, -0.2) is 43.3 Å². The van der Waals surface area contributed by atoms with Gasteiger partial charge in [0.15, 0.2) is 0 Å². The molecule has 2 heterocycles. The predicted octanol–water partition coefficient (Wildman–Crippen LogP) is 1.22. The standard InChI is InChI=1S/C11H20N2O2/c1-9(10-4-7-15-8-10)12-11(14)13-5-2-3-6-13/h9-10H,2-8H2,1H3,(H,12,14). The highest BCUT2D eigenvalue weighted by molar-refractivity contribution is 5.74. The minimum Gasteiger partial charge on any atom is -0.381 e. The van der Waals surface area contributed by atoms with Crippen molar-refractivity contribution in [2.45, 2.75) is 32.2 Å². The number of rotatable bonds is 2. The Morgan fingerprint density at radius 1 is 1.47 bits per heavy atom. The highest BCUT2D eigenvalue weighted by atomic mass is 16.5. The first kappa shape index (κ1) is 10.7. The first-order valence-electron chi connectivity index (χ1n) is 5.90. The van der Waals surface area contributed by atoms with Crippen LogP contribution in [0, 0.1) is 5.92 Å². The molecule has 0 aromatic heterocycles. The average molecular weight is 212 g/mol. The van der Waals surface area contributed by atoms with Gasteiger partial charge in [0.05, 0.1) is 6.61 Å². The number of amides is 2. The lowest BCUT2D eigenvalue weighted by Crippen LogP contribution is -2.45. The zero-order valence-corrected chi connectivity index (χ0v) is 9.37. The van der Waals surface area contributed by atoms with Crippen molar-refractivity contribution in [3.63, 3.8) is 0 Å². The molecule has 0 aliphatic carbocycles. The summed E-state index contributed by atoms with van der Waals surface area (Å²) in [6.45, 7) is 5.54. The van der Waals surface area contributed by atoms with E-state index in [4.69, 9.17) is 4.74 Å². The third-order valence-corrected chi connectivity index (χ3v) is 3.42. The van der Waals surface area contributed by atoms with Crippen molar-refractivity contribution in [3.8, 4) is 0 Å². The van der Waals surface area contributed by atoms with Crippen LogP contribution in [0.5, 0.6) is 0 Å². The van der Waals surface area contributed by atoms with Gasteiger partial charge in [-0.3, -0.25) is 0 Å². The third-order valence-electron chi connectivity index (χ3n) is 3.42. The number of nitrogens with one attached hydrogen (secondary N) is 1. The Hall–Kier alpha value is -0.770. The van der Waals surface area contributed by atoms with Crippen LogP contribution in [0.2, 0.25) is 0 Å². The van der Waals surface area contributed by atoms with Crippen LogP contribution in [0.1, 0.15) is 26.2 Å². The molecule has 15 heavy (non-hydrogen) atoms. The second-order valence-corrected chi connectivity index (χ2v) is 4.56. The van der Waals surface area contributed by atoms with Crippen molar-refractivity contribution in [2.24, 2.45) is 5.92 Å².